The molecule has 0 aliphatic carbocycles. The van der Waals surface area contributed by atoms with E-state index in [4.69, 9.17) is 11.6 Å². The first kappa shape index (κ1) is 29.4. The Morgan fingerprint density at radius 3 is 2.71 bits per heavy atom. The number of halogens is 2. The number of methoxy groups -OCH3 is 1. The Balaban J connectivity index is 1.48. The number of hydrogen-bond acceptors (Lipinski definition) is 8. The van der Waals surface area contributed by atoms with Gasteiger partial charge in [-0.3, -0.25) is 14.9 Å². The fourth-order valence-electron chi connectivity index (χ4n) is 4.32. The predicted octanol–water partition coefficient (Wildman–Crippen LogP) is 2.89. The van der Waals surface area contributed by atoms with Gasteiger partial charge in [0.15, 0.2) is 0 Å². The first-order valence-electron chi connectivity index (χ1n) is 12.8. The topological polar surface area (TPSA) is 152 Å². The van der Waals surface area contributed by atoms with E-state index >= 15 is 0 Å². The van der Waals surface area contributed by atoms with Crippen molar-refractivity contribution in [2.24, 2.45) is 5.92 Å². The van der Waals surface area contributed by atoms with Crippen LogP contribution in [0.2, 0.25) is 5.02 Å². The second-order valence-corrected chi connectivity index (χ2v) is 9.70. The molecule has 41 heavy (non-hydrogen) atoms. The van der Waals surface area contributed by atoms with Crippen molar-refractivity contribution < 1.29 is 23.5 Å². The van der Waals surface area contributed by atoms with Crippen LogP contribution in [0.3, 0.4) is 0 Å². The fourth-order valence-corrected chi connectivity index (χ4v) is 4.50. The summed E-state index contributed by atoms with van der Waals surface area (Å²) in [5.74, 6) is 3.72. The minimum absolute atomic E-state index is 0.108. The summed E-state index contributed by atoms with van der Waals surface area (Å²) in [6.07, 6.45) is 3.57. The van der Waals surface area contributed by atoms with E-state index in [0.717, 1.165) is 39.1 Å². The van der Waals surface area contributed by atoms with Crippen molar-refractivity contribution in [3.05, 3.63) is 59.1 Å². The van der Waals surface area contributed by atoms with Crippen molar-refractivity contribution in [2.45, 2.75) is 31.7 Å². The summed E-state index contributed by atoms with van der Waals surface area (Å²) in [4.78, 5) is 37.5. The van der Waals surface area contributed by atoms with E-state index in [9.17, 15) is 18.8 Å². The van der Waals surface area contributed by atoms with E-state index in [1.807, 2.05) is 0 Å². The van der Waals surface area contributed by atoms with Crippen molar-refractivity contribution in [3.63, 3.8) is 0 Å². The van der Waals surface area contributed by atoms with Gasteiger partial charge in [0.1, 0.15) is 18.2 Å². The zero-order valence-corrected chi connectivity index (χ0v) is 22.9. The number of aromatic nitrogens is 4. The predicted molar refractivity (Wildman–Crippen MR) is 149 cm³/mol. The summed E-state index contributed by atoms with van der Waals surface area (Å²) in [6.45, 7) is 1.79. The number of anilines is 2. The van der Waals surface area contributed by atoms with Crippen LogP contribution in [0, 0.1) is 23.6 Å². The molecule has 3 aromatic rings. The SMILES string of the molecule is COC(=O)Nc1ccc(NC(=O)C(CCC2CCNCC2)NC(=O)C#Cc2cc(Cl)ccc2-n2cnnn2)cc1F. The molecule has 4 N–H and O–H groups in total. The van der Waals surface area contributed by atoms with Crippen LogP contribution in [0.5, 0.6) is 0 Å². The van der Waals surface area contributed by atoms with Gasteiger partial charge < -0.3 is 20.7 Å². The number of nitrogens with zero attached hydrogens (tertiary/aromatic N) is 4. The highest BCUT2D eigenvalue weighted by molar-refractivity contribution is 6.30. The van der Waals surface area contributed by atoms with Gasteiger partial charge in [-0.1, -0.05) is 17.5 Å². The Bertz CT molecular complexity index is 1450. The normalized spacial score (nSPS) is 13.8. The zero-order chi connectivity index (χ0) is 29.2. The van der Waals surface area contributed by atoms with Gasteiger partial charge >= 0.3 is 6.09 Å². The van der Waals surface area contributed by atoms with E-state index in [1.54, 1.807) is 18.2 Å². The Kier molecular flexibility index (Phi) is 10.2. The highest BCUT2D eigenvalue weighted by Gasteiger charge is 2.23. The van der Waals surface area contributed by atoms with Gasteiger partial charge in [-0.2, -0.15) is 4.68 Å². The third-order valence-electron chi connectivity index (χ3n) is 6.47. The van der Waals surface area contributed by atoms with Crippen molar-refractivity contribution in [3.8, 4) is 17.5 Å². The third-order valence-corrected chi connectivity index (χ3v) is 6.70. The van der Waals surface area contributed by atoms with E-state index in [2.05, 4.69) is 53.4 Å². The molecule has 2 aromatic carbocycles. The van der Waals surface area contributed by atoms with Crippen molar-refractivity contribution in [2.75, 3.05) is 30.8 Å². The van der Waals surface area contributed by atoms with Crippen LogP contribution in [-0.2, 0) is 14.3 Å². The number of carbonyl (C=O) groups excluding carboxylic acids is 3. The van der Waals surface area contributed by atoms with Crippen LogP contribution in [0.25, 0.3) is 5.69 Å². The molecule has 1 atom stereocenters. The van der Waals surface area contributed by atoms with Gasteiger partial charge in [-0.25, -0.2) is 9.18 Å². The minimum atomic E-state index is -0.930. The Morgan fingerprint density at radius 1 is 1.20 bits per heavy atom. The molecule has 12 nitrogen and oxygen atoms in total. The lowest BCUT2D eigenvalue weighted by molar-refractivity contribution is -0.123. The molecule has 0 spiro atoms. The summed E-state index contributed by atoms with van der Waals surface area (Å²) < 4.78 is 20.3. The van der Waals surface area contributed by atoms with E-state index in [1.165, 1.54) is 23.1 Å². The van der Waals surface area contributed by atoms with Gasteiger partial charge in [-0.15, -0.1) is 5.10 Å². The lowest BCUT2D eigenvalue weighted by atomic mass is 9.91. The molecule has 1 aliphatic heterocycles. The molecule has 214 valence electrons. The molecule has 2 heterocycles. The highest BCUT2D eigenvalue weighted by Crippen LogP contribution is 2.22. The number of hydrogen-bond donors (Lipinski definition) is 4. The average Bonchev–Trinajstić information content (AvgIpc) is 3.51. The molecule has 0 bridgehead atoms. The second kappa shape index (κ2) is 14.2. The van der Waals surface area contributed by atoms with Gasteiger partial charge in [0.2, 0.25) is 5.91 Å². The number of carbonyl (C=O) groups is 3. The summed E-state index contributed by atoms with van der Waals surface area (Å²) in [5.41, 5.74) is 0.974. The lowest BCUT2D eigenvalue weighted by Gasteiger charge is -2.25. The van der Waals surface area contributed by atoms with Crippen LogP contribution in [0.4, 0.5) is 20.6 Å². The minimum Gasteiger partial charge on any atom is -0.453 e. The van der Waals surface area contributed by atoms with Crippen LogP contribution in [0.15, 0.2) is 42.7 Å². The number of ether oxygens (including phenoxy) is 1. The maximum atomic E-state index is 14.5. The van der Waals surface area contributed by atoms with Gasteiger partial charge in [0.05, 0.1) is 24.0 Å². The van der Waals surface area contributed by atoms with E-state index in [-0.39, 0.29) is 11.4 Å². The number of amides is 3. The molecule has 3 amide bonds. The molecular formula is C27H28ClFN8O4. The first-order chi connectivity index (χ1) is 19.8. The smallest absolute Gasteiger partial charge is 0.411 e. The first-order valence-corrected chi connectivity index (χ1v) is 13.2. The molecule has 1 saturated heterocycles. The summed E-state index contributed by atoms with van der Waals surface area (Å²) in [5, 5.41) is 22.4. The molecule has 1 fully saturated rings. The zero-order valence-electron chi connectivity index (χ0n) is 22.1. The largest absolute Gasteiger partial charge is 0.453 e. The number of benzene rings is 2. The van der Waals surface area contributed by atoms with Crippen molar-refractivity contribution in [1.82, 2.24) is 30.8 Å². The summed E-state index contributed by atoms with van der Waals surface area (Å²) >= 11 is 6.12. The van der Waals surface area contributed by atoms with Gasteiger partial charge in [0, 0.05) is 16.6 Å². The molecule has 1 unspecified atom stereocenters. The molecule has 0 radical (unpaired) electrons. The molecule has 1 aliphatic rings. The number of nitrogens with one attached hydrogen (secondary N) is 4. The lowest BCUT2D eigenvalue weighted by Crippen LogP contribution is -2.44. The maximum absolute atomic E-state index is 14.5. The van der Waals surface area contributed by atoms with Crippen molar-refractivity contribution in [1.29, 1.82) is 0 Å². The van der Waals surface area contributed by atoms with Crippen LogP contribution in [0.1, 0.15) is 31.2 Å². The number of tetrazole rings is 1. The Labute approximate surface area is 240 Å². The maximum Gasteiger partial charge on any atom is 0.411 e. The summed E-state index contributed by atoms with van der Waals surface area (Å²) in [7, 11) is 1.16. The van der Waals surface area contributed by atoms with Gasteiger partial charge in [0.25, 0.3) is 5.91 Å². The monoisotopic (exact) mass is 582 g/mol. The molecule has 0 saturated carbocycles. The molecule has 14 heteroatoms. The van der Waals surface area contributed by atoms with Crippen LogP contribution in [-0.4, -0.2) is 64.4 Å². The average molecular weight is 583 g/mol. The number of rotatable bonds is 8. The third kappa shape index (κ3) is 8.47. The molecule has 4 rings (SSSR count). The highest BCUT2D eigenvalue weighted by atomic mass is 35.5. The van der Waals surface area contributed by atoms with Gasteiger partial charge in [-0.05, 0) is 91.5 Å². The van der Waals surface area contributed by atoms with Crippen LogP contribution >= 0.6 is 11.6 Å². The second-order valence-electron chi connectivity index (χ2n) is 9.26. The Hall–Kier alpha value is -4.54. The van der Waals surface area contributed by atoms with E-state index in [0.29, 0.717) is 35.0 Å². The standard InChI is InChI=1S/C27H28ClFN8O4/c1-41-27(40)34-22-7-5-20(15-21(22)29)32-26(39)23(6-2-17-10-12-30-13-11-17)33-25(38)9-3-18-14-19(28)4-8-24(18)37-16-31-35-36-37/h4-5,7-8,14-17,23,30H,2,6,10-13H2,1H3,(H,32,39)(H,33,38)(H,34,40). The Morgan fingerprint density at radius 2 is 2.00 bits per heavy atom. The number of piperidine rings is 1. The van der Waals surface area contributed by atoms with E-state index < -0.39 is 29.8 Å². The fraction of sp³-hybridized carbons (Fsp3) is 0.333. The molecular weight excluding hydrogens is 555 g/mol. The molecule has 1 aromatic heterocycles. The van der Waals surface area contributed by atoms with Crippen molar-refractivity contribution >= 4 is 40.9 Å². The van der Waals surface area contributed by atoms with Crippen LogP contribution < -0.4 is 21.3 Å². The quantitative estimate of drug-likeness (QED) is 0.296. The summed E-state index contributed by atoms with van der Waals surface area (Å²) in [6, 6.07) is 7.75.